The molecule has 1 spiro atoms. The predicted octanol–water partition coefficient (Wildman–Crippen LogP) is 5.28. The molecule has 1 heterocycles. The van der Waals surface area contributed by atoms with Crippen molar-refractivity contribution in [2.75, 3.05) is 19.7 Å². The zero-order valence-electron chi connectivity index (χ0n) is 13.7. The maximum Gasteiger partial charge on any atom is 0.120 e. The molecule has 0 aromatic heterocycles. The van der Waals surface area contributed by atoms with Crippen molar-refractivity contribution in [1.29, 1.82) is 0 Å². The van der Waals surface area contributed by atoms with E-state index in [-0.39, 0.29) is 10.2 Å². The molecule has 1 aliphatic heterocycles. The van der Waals surface area contributed by atoms with Crippen molar-refractivity contribution >= 4 is 48.5 Å². The topological polar surface area (TPSA) is 21.3 Å². The van der Waals surface area contributed by atoms with Gasteiger partial charge in [-0.3, -0.25) is 0 Å². The van der Waals surface area contributed by atoms with Crippen molar-refractivity contribution in [2.24, 2.45) is 5.41 Å². The van der Waals surface area contributed by atoms with Crippen molar-refractivity contribution in [3.63, 3.8) is 0 Å². The molecule has 2 fully saturated rings. The number of piperidine rings is 1. The van der Waals surface area contributed by atoms with Crippen LogP contribution in [0.2, 0.25) is 10.0 Å². The van der Waals surface area contributed by atoms with Crippen LogP contribution in [0.3, 0.4) is 0 Å². The number of nitrogens with one attached hydrogen (secondary N) is 1. The summed E-state index contributed by atoms with van der Waals surface area (Å²) in [6.45, 7) is 2.74. The van der Waals surface area contributed by atoms with Crippen LogP contribution < -0.4 is 10.1 Å². The normalized spacial score (nSPS) is 33.6. The van der Waals surface area contributed by atoms with Gasteiger partial charge in [-0.15, -0.1) is 0 Å². The van der Waals surface area contributed by atoms with E-state index < -0.39 is 0 Å². The van der Waals surface area contributed by atoms with E-state index in [2.05, 4.69) is 5.32 Å². The molecular weight excluding hydrogens is 381 g/mol. The van der Waals surface area contributed by atoms with Crippen molar-refractivity contribution in [3.05, 3.63) is 28.2 Å². The van der Waals surface area contributed by atoms with Crippen LogP contribution in [0.15, 0.2) is 18.2 Å². The molecular formula is C18H25Cl2NOS2. The van der Waals surface area contributed by atoms with Gasteiger partial charge in [0.2, 0.25) is 0 Å². The largest absolute Gasteiger partial charge is 0.493 e. The number of hydrogen-bond donors (Lipinski definition) is 3. The second-order valence-electron chi connectivity index (χ2n) is 7.05. The van der Waals surface area contributed by atoms with E-state index >= 15 is 0 Å². The first-order valence-electron chi connectivity index (χ1n) is 8.66. The van der Waals surface area contributed by atoms with E-state index in [0.717, 1.165) is 31.7 Å². The zero-order valence-corrected chi connectivity index (χ0v) is 17.0. The monoisotopic (exact) mass is 405 g/mol. The number of rotatable bonds is 4. The summed E-state index contributed by atoms with van der Waals surface area (Å²) in [6, 6.07) is 5.40. The van der Waals surface area contributed by atoms with Crippen LogP contribution in [0.1, 0.15) is 38.5 Å². The van der Waals surface area contributed by atoms with Crippen LogP contribution in [0, 0.1) is 5.41 Å². The molecule has 6 heteroatoms. The average molecular weight is 406 g/mol. The quantitative estimate of drug-likeness (QED) is 0.592. The van der Waals surface area contributed by atoms with E-state index in [4.69, 9.17) is 53.2 Å². The Balaban J connectivity index is 1.68. The minimum absolute atomic E-state index is 0.0404. The highest BCUT2D eigenvalue weighted by Gasteiger charge is 2.54. The molecule has 1 aromatic rings. The van der Waals surface area contributed by atoms with E-state index in [1.54, 1.807) is 12.1 Å². The molecule has 0 radical (unpaired) electrons. The molecule has 134 valence electrons. The van der Waals surface area contributed by atoms with Crippen LogP contribution in [-0.2, 0) is 0 Å². The third-order valence-electron chi connectivity index (χ3n) is 5.72. The Bertz CT molecular complexity index is 580. The molecule has 1 saturated carbocycles. The standard InChI is InChI=1S/C18H25Cl2NOS2/c19-14-5-4-13(11-15(14)20)22-10-8-18(24)7-1-3-16(23)17(18)6-2-9-21-12-17/h4-5,11,16,21,23-24H,1-3,6-10,12H2. The van der Waals surface area contributed by atoms with E-state index in [9.17, 15) is 0 Å². The molecule has 2 nitrogen and oxygen atoms in total. The van der Waals surface area contributed by atoms with Crippen molar-refractivity contribution < 1.29 is 4.74 Å². The van der Waals surface area contributed by atoms with Crippen LogP contribution >= 0.6 is 48.5 Å². The van der Waals surface area contributed by atoms with Crippen LogP contribution in [0.25, 0.3) is 0 Å². The lowest BCUT2D eigenvalue weighted by Crippen LogP contribution is -2.60. The molecule has 2 aliphatic rings. The number of ether oxygens (including phenoxy) is 1. The van der Waals surface area contributed by atoms with Gasteiger partial charge in [0.25, 0.3) is 0 Å². The SMILES string of the molecule is SC1CCCC(S)(CCOc2ccc(Cl)c(Cl)c2)C12CCCNC2. The van der Waals surface area contributed by atoms with E-state index in [1.165, 1.54) is 25.7 Å². The summed E-state index contributed by atoms with van der Waals surface area (Å²) in [4.78, 5) is 0. The Morgan fingerprint density at radius 2 is 2.04 bits per heavy atom. The highest BCUT2D eigenvalue weighted by molar-refractivity contribution is 7.82. The summed E-state index contributed by atoms with van der Waals surface area (Å²) in [5, 5.41) is 5.06. The van der Waals surface area contributed by atoms with Gasteiger partial charge in [0, 0.05) is 28.0 Å². The van der Waals surface area contributed by atoms with Crippen LogP contribution in [0.4, 0.5) is 0 Å². The second-order valence-corrected chi connectivity index (χ2v) is 9.34. The van der Waals surface area contributed by atoms with E-state index in [0.29, 0.717) is 21.9 Å². The van der Waals surface area contributed by atoms with Gasteiger partial charge < -0.3 is 10.1 Å². The van der Waals surface area contributed by atoms with Crippen molar-refractivity contribution in [2.45, 2.75) is 48.5 Å². The van der Waals surface area contributed by atoms with Crippen LogP contribution in [-0.4, -0.2) is 29.7 Å². The summed E-state index contributed by atoms with van der Waals surface area (Å²) in [5.41, 5.74) is 0.150. The Hall–Kier alpha value is 0.260. The molecule has 0 bridgehead atoms. The molecule has 1 saturated heterocycles. The third-order valence-corrected chi connectivity index (χ3v) is 8.11. The Morgan fingerprint density at radius 1 is 1.21 bits per heavy atom. The van der Waals surface area contributed by atoms with E-state index in [1.807, 2.05) is 6.07 Å². The lowest BCUT2D eigenvalue weighted by Gasteiger charge is -2.56. The highest BCUT2D eigenvalue weighted by Crippen LogP contribution is 2.55. The van der Waals surface area contributed by atoms with Gasteiger partial charge in [0.15, 0.2) is 0 Å². The third kappa shape index (κ3) is 3.68. The fourth-order valence-electron chi connectivity index (χ4n) is 4.31. The molecule has 1 aliphatic carbocycles. The van der Waals surface area contributed by atoms with Crippen LogP contribution in [0.5, 0.6) is 5.75 Å². The summed E-state index contributed by atoms with van der Waals surface area (Å²) in [6.07, 6.45) is 6.80. The Kier molecular flexibility index (Phi) is 6.24. The molecule has 24 heavy (non-hydrogen) atoms. The lowest BCUT2D eigenvalue weighted by atomic mass is 9.60. The maximum absolute atomic E-state index is 6.06. The minimum Gasteiger partial charge on any atom is -0.493 e. The van der Waals surface area contributed by atoms with Gasteiger partial charge >= 0.3 is 0 Å². The van der Waals surface area contributed by atoms with Gasteiger partial charge in [-0.1, -0.05) is 29.6 Å². The first kappa shape index (κ1) is 19.0. The zero-order chi connectivity index (χ0) is 17.2. The number of benzene rings is 1. The first-order valence-corrected chi connectivity index (χ1v) is 10.4. The number of halogens is 2. The fraction of sp³-hybridized carbons (Fsp3) is 0.667. The molecule has 3 unspecified atom stereocenters. The molecule has 1 N–H and O–H groups in total. The minimum atomic E-state index is -0.0404. The van der Waals surface area contributed by atoms with Gasteiger partial charge in [-0.25, -0.2) is 0 Å². The summed E-state index contributed by atoms with van der Waals surface area (Å²) >= 11 is 22.2. The maximum atomic E-state index is 6.06. The van der Waals surface area contributed by atoms with Gasteiger partial charge in [0.1, 0.15) is 5.75 Å². The van der Waals surface area contributed by atoms with Crippen molar-refractivity contribution in [1.82, 2.24) is 5.32 Å². The lowest BCUT2D eigenvalue weighted by molar-refractivity contribution is 0.0819. The highest BCUT2D eigenvalue weighted by atomic mass is 35.5. The molecule has 1 aromatic carbocycles. The number of hydrogen-bond acceptors (Lipinski definition) is 4. The fourth-order valence-corrected chi connectivity index (χ4v) is 5.95. The Labute approximate surface area is 165 Å². The van der Waals surface area contributed by atoms with Crippen molar-refractivity contribution in [3.8, 4) is 5.75 Å². The molecule has 0 amide bonds. The number of thiol groups is 2. The van der Waals surface area contributed by atoms with Gasteiger partial charge in [-0.2, -0.15) is 25.3 Å². The second kappa shape index (κ2) is 7.87. The first-order chi connectivity index (χ1) is 11.5. The summed E-state index contributed by atoms with van der Waals surface area (Å²) < 4.78 is 5.90. The Morgan fingerprint density at radius 3 is 2.75 bits per heavy atom. The predicted molar refractivity (Wildman–Crippen MR) is 109 cm³/mol. The van der Waals surface area contributed by atoms with Gasteiger partial charge in [0.05, 0.1) is 16.7 Å². The smallest absolute Gasteiger partial charge is 0.120 e. The molecule has 3 rings (SSSR count). The summed E-state index contributed by atoms with van der Waals surface area (Å²) in [5.74, 6) is 0.760. The van der Waals surface area contributed by atoms with Gasteiger partial charge in [-0.05, 0) is 50.8 Å². The summed E-state index contributed by atoms with van der Waals surface area (Å²) in [7, 11) is 0. The molecule has 3 atom stereocenters. The average Bonchev–Trinajstić information content (AvgIpc) is 2.57.